The lowest BCUT2D eigenvalue weighted by Crippen LogP contribution is -2.29. The third-order valence-corrected chi connectivity index (χ3v) is 3.90. The van der Waals surface area contributed by atoms with Crippen molar-refractivity contribution in [3.63, 3.8) is 0 Å². The van der Waals surface area contributed by atoms with Gasteiger partial charge in [0.1, 0.15) is 6.61 Å². The van der Waals surface area contributed by atoms with Crippen LogP contribution in [0.3, 0.4) is 0 Å². The second kappa shape index (κ2) is 11.4. The van der Waals surface area contributed by atoms with E-state index in [1.54, 1.807) is 7.11 Å². The molecule has 2 aromatic carbocycles. The summed E-state index contributed by atoms with van der Waals surface area (Å²) in [6, 6.07) is 15.6. The van der Waals surface area contributed by atoms with Crippen LogP contribution in [0.2, 0.25) is 0 Å². The molecular weight excluding hydrogens is 352 g/mol. The molecule has 2 N–H and O–H groups in total. The van der Waals surface area contributed by atoms with Crippen molar-refractivity contribution >= 4 is 18.3 Å². The Morgan fingerprint density at radius 3 is 2.50 bits per heavy atom. The summed E-state index contributed by atoms with van der Waals surface area (Å²) in [6.07, 6.45) is 0.455. The number of amides is 1. The predicted molar refractivity (Wildman–Crippen MR) is 106 cm³/mol. The fraction of sp³-hybridized carbons (Fsp3) is 0.350. The minimum absolute atomic E-state index is 0. The standard InChI is InChI=1S/C20H26N2O3.ClH/c1-15(22-20(23)11-12-21-2)17-9-10-18(19(13-17)24-3)25-14-16-7-5-4-6-8-16;/h4-10,13,15,21H,11-12,14H2,1-3H3,(H,22,23);1H. The highest BCUT2D eigenvalue weighted by Gasteiger charge is 2.13. The molecule has 0 fully saturated rings. The molecule has 2 rings (SSSR count). The number of hydrogen-bond acceptors (Lipinski definition) is 4. The number of methoxy groups -OCH3 is 1. The molecule has 0 spiro atoms. The summed E-state index contributed by atoms with van der Waals surface area (Å²) in [5, 5.41) is 5.95. The van der Waals surface area contributed by atoms with Crippen LogP contribution in [0.15, 0.2) is 48.5 Å². The van der Waals surface area contributed by atoms with Gasteiger partial charge >= 0.3 is 0 Å². The highest BCUT2D eigenvalue weighted by atomic mass is 35.5. The maximum atomic E-state index is 11.9. The lowest BCUT2D eigenvalue weighted by Gasteiger charge is -2.17. The van der Waals surface area contributed by atoms with Crippen LogP contribution >= 0.6 is 12.4 Å². The van der Waals surface area contributed by atoms with Gasteiger partial charge in [-0.05, 0) is 37.2 Å². The van der Waals surface area contributed by atoms with Crippen molar-refractivity contribution in [2.45, 2.75) is 26.0 Å². The number of carbonyl (C=O) groups excluding carboxylic acids is 1. The molecular formula is C20H27ClN2O3. The summed E-state index contributed by atoms with van der Waals surface area (Å²) >= 11 is 0. The molecule has 2 aromatic rings. The highest BCUT2D eigenvalue weighted by molar-refractivity contribution is 5.85. The smallest absolute Gasteiger partial charge is 0.221 e. The van der Waals surface area contributed by atoms with Crippen molar-refractivity contribution in [1.82, 2.24) is 10.6 Å². The fourth-order valence-corrected chi connectivity index (χ4v) is 2.44. The molecule has 0 aromatic heterocycles. The summed E-state index contributed by atoms with van der Waals surface area (Å²) in [5.74, 6) is 1.36. The van der Waals surface area contributed by atoms with Crippen molar-refractivity contribution in [2.75, 3.05) is 20.7 Å². The van der Waals surface area contributed by atoms with Gasteiger partial charge in [0.05, 0.1) is 13.2 Å². The van der Waals surface area contributed by atoms with Gasteiger partial charge < -0.3 is 20.1 Å². The van der Waals surface area contributed by atoms with Gasteiger partial charge in [-0.2, -0.15) is 0 Å². The Balaban J connectivity index is 0.00000338. The van der Waals surface area contributed by atoms with Crippen LogP contribution in [0.5, 0.6) is 11.5 Å². The Morgan fingerprint density at radius 2 is 1.85 bits per heavy atom. The van der Waals surface area contributed by atoms with E-state index in [1.165, 1.54) is 0 Å². The summed E-state index contributed by atoms with van der Waals surface area (Å²) in [5.41, 5.74) is 2.07. The van der Waals surface area contributed by atoms with Crippen molar-refractivity contribution < 1.29 is 14.3 Å². The molecule has 142 valence electrons. The summed E-state index contributed by atoms with van der Waals surface area (Å²) in [4.78, 5) is 11.9. The Kier molecular flexibility index (Phi) is 9.55. The second-order valence-corrected chi connectivity index (χ2v) is 5.83. The molecule has 6 heteroatoms. The average molecular weight is 379 g/mol. The minimum atomic E-state index is -0.0959. The minimum Gasteiger partial charge on any atom is -0.493 e. The lowest BCUT2D eigenvalue weighted by molar-refractivity contribution is -0.121. The SMILES string of the molecule is CNCCC(=O)NC(C)c1ccc(OCc2ccccc2)c(OC)c1.Cl. The van der Waals surface area contributed by atoms with Gasteiger partial charge in [0.2, 0.25) is 5.91 Å². The van der Waals surface area contributed by atoms with Gasteiger partial charge in [0.25, 0.3) is 0 Å². The normalized spacial score (nSPS) is 11.2. The first-order valence-corrected chi connectivity index (χ1v) is 8.42. The first-order valence-electron chi connectivity index (χ1n) is 8.42. The highest BCUT2D eigenvalue weighted by Crippen LogP contribution is 2.31. The van der Waals surface area contributed by atoms with E-state index in [0.29, 0.717) is 31.1 Å². The Morgan fingerprint density at radius 1 is 1.12 bits per heavy atom. The molecule has 5 nitrogen and oxygen atoms in total. The van der Waals surface area contributed by atoms with Crippen molar-refractivity contribution in [3.05, 3.63) is 59.7 Å². The molecule has 0 aliphatic rings. The summed E-state index contributed by atoms with van der Waals surface area (Å²) in [7, 11) is 3.44. The molecule has 0 radical (unpaired) electrons. The van der Waals surface area contributed by atoms with Crippen LogP contribution in [0.1, 0.15) is 30.5 Å². The number of rotatable bonds is 9. The quantitative estimate of drug-likeness (QED) is 0.701. The van der Waals surface area contributed by atoms with E-state index in [-0.39, 0.29) is 24.4 Å². The van der Waals surface area contributed by atoms with Gasteiger partial charge in [-0.15, -0.1) is 12.4 Å². The Labute approximate surface area is 161 Å². The topological polar surface area (TPSA) is 59.6 Å². The maximum absolute atomic E-state index is 11.9. The molecule has 1 unspecified atom stereocenters. The van der Waals surface area contributed by atoms with E-state index < -0.39 is 0 Å². The average Bonchev–Trinajstić information content (AvgIpc) is 2.65. The maximum Gasteiger partial charge on any atom is 0.221 e. The van der Waals surface area contributed by atoms with Crippen LogP contribution in [0.4, 0.5) is 0 Å². The number of halogens is 1. The number of ether oxygens (including phenoxy) is 2. The number of hydrogen-bond donors (Lipinski definition) is 2. The van der Waals surface area contributed by atoms with Crippen LogP contribution in [0.25, 0.3) is 0 Å². The molecule has 0 aliphatic heterocycles. The van der Waals surface area contributed by atoms with Gasteiger partial charge in [0, 0.05) is 13.0 Å². The van der Waals surface area contributed by atoms with E-state index in [2.05, 4.69) is 10.6 Å². The molecule has 0 saturated carbocycles. The molecule has 0 saturated heterocycles. The number of nitrogens with one attached hydrogen (secondary N) is 2. The van der Waals surface area contributed by atoms with Crippen molar-refractivity contribution in [2.24, 2.45) is 0 Å². The van der Waals surface area contributed by atoms with E-state index in [4.69, 9.17) is 9.47 Å². The lowest BCUT2D eigenvalue weighted by atomic mass is 10.1. The predicted octanol–water partition coefficient (Wildman–Crippen LogP) is 3.48. The van der Waals surface area contributed by atoms with E-state index in [0.717, 1.165) is 11.1 Å². The van der Waals surface area contributed by atoms with Gasteiger partial charge in [0.15, 0.2) is 11.5 Å². The molecule has 1 atom stereocenters. The largest absolute Gasteiger partial charge is 0.493 e. The monoisotopic (exact) mass is 378 g/mol. The van der Waals surface area contributed by atoms with E-state index >= 15 is 0 Å². The van der Waals surface area contributed by atoms with Gasteiger partial charge in [-0.25, -0.2) is 0 Å². The van der Waals surface area contributed by atoms with E-state index in [9.17, 15) is 4.79 Å². The van der Waals surface area contributed by atoms with Crippen LogP contribution in [-0.4, -0.2) is 26.6 Å². The number of carbonyl (C=O) groups is 1. The summed E-state index contributed by atoms with van der Waals surface area (Å²) in [6.45, 7) is 3.09. The Hall–Kier alpha value is -2.24. The first kappa shape index (κ1) is 21.8. The third kappa shape index (κ3) is 6.58. The molecule has 26 heavy (non-hydrogen) atoms. The second-order valence-electron chi connectivity index (χ2n) is 5.83. The zero-order valence-corrected chi connectivity index (χ0v) is 16.3. The van der Waals surface area contributed by atoms with Crippen molar-refractivity contribution in [1.29, 1.82) is 0 Å². The van der Waals surface area contributed by atoms with Gasteiger partial charge in [-0.1, -0.05) is 36.4 Å². The van der Waals surface area contributed by atoms with Crippen LogP contribution in [0, 0.1) is 0 Å². The molecule has 1 amide bonds. The van der Waals surface area contributed by atoms with E-state index in [1.807, 2.05) is 62.5 Å². The molecule has 0 aliphatic carbocycles. The summed E-state index contributed by atoms with van der Waals surface area (Å²) < 4.78 is 11.3. The zero-order valence-electron chi connectivity index (χ0n) is 15.5. The van der Waals surface area contributed by atoms with Crippen LogP contribution in [-0.2, 0) is 11.4 Å². The fourth-order valence-electron chi connectivity index (χ4n) is 2.44. The van der Waals surface area contributed by atoms with Crippen LogP contribution < -0.4 is 20.1 Å². The number of benzene rings is 2. The first-order chi connectivity index (χ1) is 12.1. The Bertz CT molecular complexity index is 680. The molecule has 0 bridgehead atoms. The third-order valence-electron chi connectivity index (χ3n) is 3.90. The van der Waals surface area contributed by atoms with Crippen molar-refractivity contribution in [3.8, 4) is 11.5 Å². The zero-order chi connectivity index (χ0) is 18.1. The van der Waals surface area contributed by atoms with Gasteiger partial charge in [-0.3, -0.25) is 4.79 Å². The molecule has 0 heterocycles.